The average molecular weight is 435 g/mol. The summed E-state index contributed by atoms with van der Waals surface area (Å²) >= 11 is 4.53. The van der Waals surface area contributed by atoms with E-state index in [2.05, 4.69) is 21.6 Å². The van der Waals surface area contributed by atoms with Gasteiger partial charge < -0.3 is 10.2 Å². The first-order valence-corrected chi connectivity index (χ1v) is 11.1. The van der Waals surface area contributed by atoms with Crippen LogP contribution in [0.3, 0.4) is 0 Å². The summed E-state index contributed by atoms with van der Waals surface area (Å²) in [6.45, 7) is 0.143. The van der Waals surface area contributed by atoms with Crippen LogP contribution in [-0.2, 0) is 15.3 Å². The van der Waals surface area contributed by atoms with E-state index in [-0.39, 0.29) is 30.5 Å². The van der Waals surface area contributed by atoms with E-state index in [9.17, 15) is 14.0 Å². The van der Waals surface area contributed by atoms with Gasteiger partial charge in [0.25, 0.3) is 0 Å². The Morgan fingerprint density at radius 1 is 1.29 bits per heavy atom. The van der Waals surface area contributed by atoms with Crippen molar-refractivity contribution in [1.82, 2.24) is 10.2 Å². The van der Waals surface area contributed by atoms with Crippen LogP contribution in [0, 0.1) is 11.7 Å². The first-order valence-electron chi connectivity index (χ1n) is 8.44. The monoisotopic (exact) mass is 434 g/mol. The zero-order valence-electron chi connectivity index (χ0n) is 14.5. The minimum atomic E-state index is -0.557. The molecule has 1 aromatic carbocycles. The number of benzene rings is 1. The number of halogens is 1. The molecule has 0 saturated carbocycles. The molecule has 2 amide bonds. The van der Waals surface area contributed by atoms with Crippen molar-refractivity contribution in [2.45, 2.75) is 16.5 Å². The second kappa shape index (κ2) is 8.38. The number of hydrogen-bond acceptors (Lipinski definition) is 7. The van der Waals surface area contributed by atoms with Crippen molar-refractivity contribution in [2.75, 3.05) is 16.8 Å². The SMILES string of the molecule is O=C(Nc1nnc(SCc2cccs2)s1)C1CC(=O)N(c2ccccc2F)C1. The second-order valence-corrected chi connectivity index (χ2v) is 9.32. The molecule has 0 spiro atoms. The van der Waals surface area contributed by atoms with Gasteiger partial charge in [0.05, 0.1) is 11.6 Å². The van der Waals surface area contributed by atoms with Gasteiger partial charge in [0.15, 0.2) is 4.34 Å². The summed E-state index contributed by atoms with van der Waals surface area (Å²) in [4.78, 5) is 27.3. The van der Waals surface area contributed by atoms with E-state index in [1.807, 2.05) is 11.4 Å². The number of aromatic nitrogens is 2. The highest BCUT2D eigenvalue weighted by Gasteiger charge is 2.36. The van der Waals surface area contributed by atoms with Crippen molar-refractivity contribution in [2.24, 2.45) is 5.92 Å². The van der Waals surface area contributed by atoms with Crippen molar-refractivity contribution in [3.8, 4) is 0 Å². The molecule has 1 aliphatic rings. The lowest BCUT2D eigenvalue weighted by Crippen LogP contribution is -2.28. The smallest absolute Gasteiger partial charge is 0.231 e. The van der Waals surface area contributed by atoms with Crippen LogP contribution in [0.2, 0.25) is 0 Å². The normalized spacial score (nSPS) is 16.5. The molecule has 2 aromatic heterocycles. The first-order chi connectivity index (χ1) is 13.6. The van der Waals surface area contributed by atoms with E-state index < -0.39 is 11.7 Å². The van der Waals surface area contributed by atoms with Crippen LogP contribution < -0.4 is 10.2 Å². The third-order valence-corrected chi connectivity index (χ3v) is 7.27. The summed E-state index contributed by atoms with van der Waals surface area (Å²) in [7, 11) is 0. The maximum Gasteiger partial charge on any atom is 0.231 e. The lowest BCUT2D eigenvalue weighted by molar-refractivity contribution is -0.122. The minimum Gasteiger partial charge on any atom is -0.309 e. The molecule has 0 radical (unpaired) electrons. The average Bonchev–Trinajstić information content (AvgIpc) is 3.42. The van der Waals surface area contributed by atoms with E-state index in [1.54, 1.807) is 35.2 Å². The summed E-state index contributed by atoms with van der Waals surface area (Å²) in [5.74, 6) is -0.811. The fourth-order valence-corrected chi connectivity index (χ4v) is 5.37. The molecule has 1 atom stereocenters. The first kappa shape index (κ1) is 19.0. The van der Waals surface area contributed by atoms with Gasteiger partial charge in [0.1, 0.15) is 5.82 Å². The van der Waals surface area contributed by atoms with Crippen LogP contribution >= 0.6 is 34.4 Å². The Morgan fingerprint density at radius 3 is 2.93 bits per heavy atom. The van der Waals surface area contributed by atoms with Crippen LogP contribution in [0.15, 0.2) is 46.1 Å². The maximum absolute atomic E-state index is 14.0. The highest BCUT2D eigenvalue weighted by atomic mass is 32.2. The Balaban J connectivity index is 1.35. The summed E-state index contributed by atoms with van der Waals surface area (Å²) < 4.78 is 14.7. The van der Waals surface area contributed by atoms with Crippen molar-refractivity contribution in [3.63, 3.8) is 0 Å². The predicted octanol–water partition coefficient (Wildman–Crippen LogP) is 4.02. The van der Waals surface area contributed by atoms with Gasteiger partial charge in [-0.15, -0.1) is 21.5 Å². The molecular weight excluding hydrogens is 419 g/mol. The fraction of sp³-hybridized carbons (Fsp3) is 0.222. The standard InChI is InChI=1S/C18H15FN4O2S3/c19-13-5-1-2-6-14(13)23-9-11(8-15(23)24)16(25)20-17-21-22-18(28-17)27-10-12-4-3-7-26-12/h1-7,11H,8-10H2,(H,20,21,25). The summed E-state index contributed by atoms with van der Waals surface area (Å²) in [6, 6.07) is 10.1. The number of para-hydroxylation sites is 1. The quantitative estimate of drug-likeness (QED) is 0.468. The molecule has 1 N–H and O–H groups in total. The van der Waals surface area contributed by atoms with Gasteiger partial charge in [-0.1, -0.05) is 41.3 Å². The molecule has 3 aromatic rings. The number of amides is 2. The Labute approximate surface area is 172 Å². The number of thiophene rings is 1. The zero-order chi connectivity index (χ0) is 19.5. The largest absolute Gasteiger partial charge is 0.309 e. The number of thioether (sulfide) groups is 1. The third-order valence-electron chi connectivity index (χ3n) is 4.19. The van der Waals surface area contributed by atoms with E-state index in [0.717, 1.165) is 10.1 Å². The predicted molar refractivity (Wildman–Crippen MR) is 109 cm³/mol. The minimum absolute atomic E-state index is 0.0406. The van der Waals surface area contributed by atoms with Gasteiger partial charge in [0.2, 0.25) is 16.9 Å². The summed E-state index contributed by atoms with van der Waals surface area (Å²) in [5.41, 5.74) is 0.200. The van der Waals surface area contributed by atoms with Crippen molar-refractivity contribution in [1.29, 1.82) is 0 Å². The highest BCUT2D eigenvalue weighted by Crippen LogP contribution is 2.31. The molecule has 28 heavy (non-hydrogen) atoms. The molecular formula is C18H15FN4O2S3. The van der Waals surface area contributed by atoms with Gasteiger partial charge in [-0.25, -0.2) is 4.39 Å². The number of carbonyl (C=O) groups excluding carboxylic acids is 2. The molecule has 1 aliphatic heterocycles. The van der Waals surface area contributed by atoms with E-state index in [1.165, 1.54) is 33.2 Å². The molecule has 1 fully saturated rings. The van der Waals surface area contributed by atoms with Gasteiger partial charge in [0, 0.05) is 23.6 Å². The maximum atomic E-state index is 14.0. The molecule has 144 valence electrons. The molecule has 6 nitrogen and oxygen atoms in total. The molecule has 10 heteroatoms. The number of rotatable bonds is 6. The van der Waals surface area contributed by atoms with Crippen LogP contribution in [0.25, 0.3) is 0 Å². The number of anilines is 2. The summed E-state index contributed by atoms with van der Waals surface area (Å²) in [5, 5.41) is 13.2. The van der Waals surface area contributed by atoms with E-state index >= 15 is 0 Å². The van der Waals surface area contributed by atoms with Crippen molar-refractivity contribution >= 4 is 57.1 Å². The molecule has 4 rings (SSSR count). The van der Waals surface area contributed by atoms with E-state index in [4.69, 9.17) is 0 Å². The number of nitrogens with zero attached hydrogens (tertiary/aromatic N) is 3. The topological polar surface area (TPSA) is 75.2 Å². The van der Waals surface area contributed by atoms with Crippen molar-refractivity contribution < 1.29 is 14.0 Å². The lowest BCUT2D eigenvalue weighted by Gasteiger charge is -2.17. The molecule has 0 aliphatic carbocycles. The van der Waals surface area contributed by atoms with Crippen LogP contribution in [-0.4, -0.2) is 28.6 Å². The van der Waals surface area contributed by atoms with Gasteiger partial charge in [-0.3, -0.25) is 9.59 Å². The van der Waals surface area contributed by atoms with Gasteiger partial charge in [-0.2, -0.15) is 0 Å². The Hall–Kier alpha value is -2.30. The molecule has 3 heterocycles. The van der Waals surface area contributed by atoms with Gasteiger partial charge >= 0.3 is 0 Å². The Kier molecular flexibility index (Phi) is 5.69. The van der Waals surface area contributed by atoms with Crippen molar-refractivity contribution in [3.05, 3.63) is 52.5 Å². The van der Waals surface area contributed by atoms with Crippen LogP contribution in [0.4, 0.5) is 15.2 Å². The van der Waals surface area contributed by atoms with Crippen LogP contribution in [0.5, 0.6) is 0 Å². The highest BCUT2D eigenvalue weighted by molar-refractivity contribution is 8.00. The number of nitrogens with one attached hydrogen (secondary N) is 1. The number of carbonyl (C=O) groups is 2. The molecule has 1 unspecified atom stereocenters. The molecule has 0 bridgehead atoms. The number of hydrogen-bond donors (Lipinski definition) is 1. The second-order valence-electron chi connectivity index (χ2n) is 6.09. The van der Waals surface area contributed by atoms with E-state index in [0.29, 0.717) is 5.13 Å². The molecule has 1 saturated heterocycles. The summed E-state index contributed by atoms with van der Waals surface area (Å²) in [6.07, 6.45) is 0.0406. The lowest BCUT2D eigenvalue weighted by atomic mass is 10.1. The van der Waals surface area contributed by atoms with Gasteiger partial charge in [-0.05, 0) is 23.6 Å². The Morgan fingerprint density at radius 2 is 2.14 bits per heavy atom. The third kappa shape index (κ3) is 4.23. The Bertz CT molecular complexity index is 992. The fourth-order valence-electron chi connectivity index (χ4n) is 2.84. The van der Waals surface area contributed by atoms with Crippen LogP contribution in [0.1, 0.15) is 11.3 Å². The zero-order valence-corrected chi connectivity index (χ0v) is 17.0.